The Kier molecular flexibility index (Phi) is 3.40. The van der Waals surface area contributed by atoms with E-state index in [4.69, 9.17) is 9.84 Å². The maximum atomic E-state index is 9.03. The second-order valence-corrected chi connectivity index (χ2v) is 4.43. The Morgan fingerprint density at radius 2 is 2.50 bits per heavy atom. The van der Waals surface area contributed by atoms with Gasteiger partial charge >= 0.3 is 0 Å². The molecule has 1 atom stereocenters. The summed E-state index contributed by atoms with van der Waals surface area (Å²) in [4.78, 5) is 0. The summed E-state index contributed by atoms with van der Waals surface area (Å²) in [6.45, 7) is 0.862. The van der Waals surface area contributed by atoms with Crippen molar-refractivity contribution >= 4 is 22.6 Å². The van der Waals surface area contributed by atoms with E-state index in [0.717, 1.165) is 28.7 Å². The standard InChI is InChI=1S/C9H13IN2O2/c10-9-7(6-13)5-12(11-9)8-3-1-2-4-14-8/h5,8,13H,1-4,6H2/t8-/m1/s1. The highest BCUT2D eigenvalue weighted by molar-refractivity contribution is 14.1. The van der Waals surface area contributed by atoms with Gasteiger partial charge in [0.2, 0.25) is 0 Å². The number of aliphatic hydroxyl groups excluding tert-OH is 1. The number of rotatable bonds is 2. The van der Waals surface area contributed by atoms with Gasteiger partial charge in [0.25, 0.3) is 0 Å². The highest BCUT2D eigenvalue weighted by atomic mass is 127. The Labute approximate surface area is 96.4 Å². The Morgan fingerprint density at radius 1 is 1.64 bits per heavy atom. The summed E-state index contributed by atoms with van der Waals surface area (Å²) in [7, 11) is 0. The number of aromatic nitrogens is 2. The first-order chi connectivity index (χ1) is 6.81. The molecule has 0 aromatic carbocycles. The molecule has 1 aliphatic heterocycles. The third-order valence-corrected chi connectivity index (χ3v) is 3.29. The molecule has 0 radical (unpaired) electrons. The van der Waals surface area contributed by atoms with Crippen molar-refractivity contribution in [2.75, 3.05) is 6.61 Å². The van der Waals surface area contributed by atoms with Crippen LogP contribution in [0.5, 0.6) is 0 Å². The summed E-state index contributed by atoms with van der Waals surface area (Å²) in [5, 5.41) is 13.4. The number of hydrogen-bond donors (Lipinski definition) is 1. The molecule has 1 aromatic heterocycles. The molecule has 2 heterocycles. The van der Waals surface area contributed by atoms with E-state index in [1.165, 1.54) is 6.42 Å². The molecule has 1 aromatic rings. The molecule has 0 aliphatic carbocycles. The lowest BCUT2D eigenvalue weighted by atomic mass is 10.2. The summed E-state index contributed by atoms with van der Waals surface area (Å²) in [6, 6.07) is 0. The maximum absolute atomic E-state index is 9.03. The second-order valence-electron chi connectivity index (χ2n) is 3.40. The van der Waals surface area contributed by atoms with Gasteiger partial charge in [-0.15, -0.1) is 0 Å². The molecule has 14 heavy (non-hydrogen) atoms. The summed E-state index contributed by atoms with van der Waals surface area (Å²) >= 11 is 2.13. The molecule has 1 aliphatic rings. The summed E-state index contributed by atoms with van der Waals surface area (Å²) in [5.74, 6) is 0. The molecule has 0 amide bonds. The summed E-state index contributed by atoms with van der Waals surface area (Å²) in [5.41, 5.74) is 0.875. The van der Waals surface area contributed by atoms with Gasteiger partial charge in [-0.05, 0) is 41.9 Å². The Hall–Kier alpha value is -0.140. The first-order valence-corrected chi connectivity index (χ1v) is 5.85. The summed E-state index contributed by atoms with van der Waals surface area (Å²) < 4.78 is 8.28. The quantitative estimate of drug-likeness (QED) is 0.846. The SMILES string of the molecule is OCc1cn([C@H]2CCCCO2)nc1I. The van der Waals surface area contributed by atoms with E-state index < -0.39 is 0 Å². The topological polar surface area (TPSA) is 47.3 Å². The van der Waals surface area contributed by atoms with Crippen LogP contribution in [0.2, 0.25) is 0 Å². The van der Waals surface area contributed by atoms with Gasteiger partial charge in [0, 0.05) is 18.4 Å². The zero-order valence-corrected chi connectivity index (χ0v) is 9.98. The minimum absolute atomic E-state index is 0.0466. The number of nitrogens with zero attached hydrogens (tertiary/aromatic N) is 2. The van der Waals surface area contributed by atoms with Crippen LogP contribution in [0.25, 0.3) is 0 Å². The molecule has 4 nitrogen and oxygen atoms in total. The van der Waals surface area contributed by atoms with Gasteiger partial charge in [-0.2, -0.15) is 5.10 Å². The van der Waals surface area contributed by atoms with Gasteiger partial charge in [0.1, 0.15) is 9.93 Å². The van der Waals surface area contributed by atoms with E-state index in [9.17, 15) is 0 Å². The monoisotopic (exact) mass is 308 g/mol. The molecule has 0 bridgehead atoms. The fourth-order valence-electron chi connectivity index (χ4n) is 1.59. The van der Waals surface area contributed by atoms with Crippen LogP contribution < -0.4 is 0 Å². The lowest BCUT2D eigenvalue weighted by molar-refractivity contribution is -0.0397. The van der Waals surface area contributed by atoms with E-state index in [0.29, 0.717) is 0 Å². The number of aliphatic hydroxyl groups is 1. The third-order valence-electron chi connectivity index (χ3n) is 2.38. The van der Waals surface area contributed by atoms with E-state index in [2.05, 4.69) is 27.7 Å². The van der Waals surface area contributed by atoms with Crippen molar-refractivity contribution in [1.29, 1.82) is 0 Å². The van der Waals surface area contributed by atoms with Crippen LogP contribution in [0.3, 0.4) is 0 Å². The van der Waals surface area contributed by atoms with Gasteiger partial charge in [0.05, 0.1) is 6.61 Å². The lowest BCUT2D eigenvalue weighted by Gasteiger charge is -2.22. The van der Waals surface area contributed by atoms with Crippen LogP contribution in [0.1, 0.15) is 31.1 Å². The van der Waals surface area contributed by atoms with Crippen molar-refractivity contribution in [3.05, 3.63) is 15.5 Å². The summed E-state index contributed by atoms with van der Waals surface area (Å²) in [6.07, 6.45) is 5.29. The highest BCUT2D eigenvalue weighted by Crippen LogP contribution is 2.23. The number of hydrogen-bond acceptors (Lipinski definition) is 3. The highest BCUT2D eigenvalue weighted by Gasteiger charge is 2.17. The molecular formula is C9H13IN2O2. The maximum Gasteiger partial charge on any atom is 0.150 e. The van der Waals surface area contributed by atoms with Crippen LogP contribution in [-0.4, -0.2) is 21.5 Å². The van der Waals surface area contributed by atoms with E-state index in [-0.39, 0.29) is 12.8 Å². The zero-order chi connectivity index (χ0) is 9.97. The molecule has 78 valence electrons. The van der Waals surface area contributed by atoms with Gasteiger partial charge in [-0.3, -0.25) is 0 Å². The van der Waals surface area contributed by atoms with Crippen molar-refractivity contribution in [3.63, 3.8) is 0 Å². The van der Waals surface area contributed by atoms with E-state index >= 15 is 0 Å². The molecule has 0 spiro atoms. The van der Waals surface area contributed by atoms with E-state index in [1.54, 1.807) is 0 Å². The minimum atomic E-state index is 0.0466. The fourth-order valence-corrected chi connectivity index (χ4v) is 2.15. The molecule has 1 N–H and O–H groups in total. The molecule has 0 unspecified atom stereocenters. The Morgan fingerprint density at radius 3 is 3.07 bits per heavy atom. The van der Waals surface area contributed by atoms with Crippen molar-refractivity contribution in [2.45, 2.75) is 32.1 Å². The molecule has 0 saturated carbocycles. The molecular weight excluding hydrogens is 295 g/mol. The van der Waals surface area contributed by atoms with Gasteiger partial charge < -0.3 is 9.84 Å². The van der Waals surface area contributed by atoms with Crippen LogP contribution >= 0.6 is 22.6 Å². The van der Waals surface area contributed by atoms with Gasteiger partial charge in [-0.1, -0.05) is 0 Å². The predicted octanol–water partition coefficient (Wildman–Crippen LogP) is 1.68. The normalized spacial score (nSPS) is 22.6. The number of ether oxygens (including phenoxy) is 1. The fraction of sp³-hybridized carbons (Fsp3) is 0.667. The van der Waals surface area contributed by atoms with Crippen molar-refractivity contribution in [3.8, 4) is 0 Å². The lowest BCUT2D eigenvalue weighted by Crippen LogP contribution is -2.18. The smallest absolute Gasteiger partial charge is 0.150 e. The van der Waals surface area contributed by atoms with Crippen molar-refractivity contribution in [2.24, 2.45) is 0 Å². The average Bonchev–Trinajstić information content (AvgIpc) is 2.61. The predicted molar refractivity (Wildman–Crippen MR) is 59.7 cm³/mol. The molecule has 5 heteroatoms. The van der Waals surface area contributed by atoms with Crippen LogP contribution in [-0.2, 0) is 11.3 Å². The van der Waals surface area contributed by atoms with Crippen molar-refractivity contribution in [1.82, 2.24) is 9.78 Å². The average molecular weight is 308 g/mol. The first-order valence-electron chi connectivity index (χ1n) is 4.77. The largest absolute Gasteiger partial charge is 0.392 e. The Bertz CT molecular complexity index is 308. The number of halogens is 1. The van der Waals surface area contributed by atoms with Gasteiger partial charge in [0.15, 0.2) is 0 Å². The van der Waals surface area contributed by atoms with Gasteiger partial charge in [-0.25, -0.2) is 4.68 Å². The third kappa shape index (κ3) is 2.09. The van der Waals surface area contributed by atoms with Crippen LogP contribution in [0, 0.1) is 3.70 Å². The van der Waals surface area contributed by atoms with Crippen molar-refractivity contribution < 1.29 is 9.84 Å². The second kappa shape index (κ2) is 4.59. The molecule has 1 saturated heterocycles. The first kappa shape index (κ1) is 10.4. The molecule has 1 fully saturated rings. The minimum Gasteiger partial charge on any atom is -0.392 e. The van der Waals surface area contributed by atoms with E-state index in [1.807, 2.05) is 10.9 Å². The van der Waals surface area contributed by atoms with Crippen LogP contribution in [0.15, 0.2) is 6.20 Å². The van der Waals surface area contributed by atoms with Crippen LogP contribution in [0.4, 0.5) is 0 Å². The zero-order valence-electron chi connectivity index (χ0n) is 7.82. The molecule has 2 rings (SSSR count). The Balaban J connectivity index is 2.14.